The number of anilines is 3. The fourth-order valence-corrected chi connectivity index (χ4v) is 3.65. The third kappa shape index (κ3) is 3.85. The molecule has 0 aliphatic rings. The number of aryl methyl sites for hydroxylation is 2. The van der Waals surface area contributed by atoms with E-state index < -0.39 is 0 Å². The summed E-state index contributed by atoms with van der Waals surface area (Å²) in [6, 6.07) is 16.0. The van der Waals surface area contributed by atoms with Gasteiger partial charge in [-0.3, -0.25) is 4.98 Å². The van der Waals surface area contributed by atoms with Gasteiger partial charge in [-0.15, -0.1) is 0 Å². The standard InChI is InChI=1S/C21H19N5S/c1-13-9-16(5-8-20(13)27-17-6-3-14(2)23-11-17)26-21-18-10-15(22)4-7-19(18)24-12-25-21/h3-12H,22H2,1-2H3,(H,24,25,26). The average Bonchev–Trinajstić information content (AvgIpc) is 2.66. The van der Waals surface area contributed by atoms with Crippen LogP contribution in [0.4, 0.5) is 17.2 Å². The first kappa shape index (κ1) is 17.3. The highest BCUT2D eigenvalue weighted by Crippen LogP contribution is 2.32. The van der Waals surface area contributed by atoms with Gasteiger partial charge in [0.25, 0.3) is 0 Å². The van der Waals surface area contributed by atoms with Gasteiger partial charge in [-0.1, -0.05) is 11.8 Å². The zero-order valence-electron chi connectivity index (χ0n) is 15.1. The van der Waals surface area contributed by atoms with Crippen molar-refractivity contribution in [1.29, 1.82) is 0 Å². The number of aromatic nitrogens is 3. The Bertz CT molecular complexity index is 1110. The minimum absolute atomic E-state index is 0.690. The van der Waals surface area contributed by atoms with Gasteiger partial charge in [0.05, 0.1) is 5.52 Å². The lowest BCUT2D eigenvalue weighted by Gasteiger charge is -2.11. The quantitative estimate of drug-likeness (QED) is 0.484. The highest BCUT2D eigenvalue weighted by Gasteiger charge is 2.07. The van der Waals surface area contributed by atoms with Crippen LogP contribution >= 0.6 is 11.8 Å². The zero-order chi connectivity index (χ0) is 18.8. The number of pyridine rings is 1. The lowest BCUT2D eigenvalue weighted by molar-refractivity contribution is 1.14. The second kappa shape index (κ2) is 7.25. The fraction of sp³-hybridized carbons (Fsp3) is 0.0952. The summed E-state index contributed by atoms with van der Waals surface area (Å²) < 4.78 is 0. The van der Waals surface area contributed by atoms with Crippen molar-refractivity contribution in [2.45, 2.75) is 23.6 Å². The Hall–Kier alpha value is -3.12. The molecule has 0 saturated heterocycles. The van der Waals surface area contributed by atoms with Crippen LogP contribution < -0.4 is 11.1 Å². The van der Waals surface area contributed by atoms with Gasteiger partial charge in [-0.05, 0) is 67.9 Å². The SMILES string of the molecule is Cc1ccc(Sc2ccc(Nc3ncnc4ccc(N)cc34)cc2C)cn1. The summed E-state index contributed by atoms with van der Waals surface area (Å²) in [5.74, 6) is 0.745. The molecule has 0 aliphatic heterocycles. The molecule has 0 fully saturated rings. The van der Waals surface area contributed by atoms with Crippen molar-refractivity contribution < 1.29 is 0 Å². The van der Waals surface area contributed by atoms with Crippen LogP contribution in [0, 0.1) is 13.8 Å². The van der Waals surface area contributed by atoms with E-state index in [-0.39, 0.29) is 0 Å². The van der Waals surface area contributed by atoms with Crippen LogP contribution in [0.1, 0.15) is 11.3 Å². The Labute approximate surface area is 162 Å². The largest absolute Gasteiger partial charge is 0.399 e. The third-order valence-corrected chi connectivity index (χ3v) is 5.36. The molecule has 0 amide bonds. The number of nitrogens with zero attached hydrogens (tertiary/aromatic N) is 3. The van der Waals surface area contributed by atoms with Gasteiger partial charge in [-0.2, -0.15) is 0 Å². The molecule has 0 atom stereocenters. The first-order valence-electron chi connectivity index (χ1n) is 8.57. The minimum atomic E-state index is 0.690. The fourth-order valence-electron chi connectivity index (χ4n) is 2.79. The maximum atomic E-state index is 5.92. The predicted molar refractivity (Wildman–Crippen MR) is 112 cm³/mol. The van der Waals surface area contributed by atoms with E-state index in [2.05, 4.69) is 51.5 Å². The highest BCUT2D eigenvalue weighted by atomic mass is 32.2. The van der Waals surface area contributed by atoms with Gasteiger partial charge in [0.1, 0.15) is 12.1 Å². The first-order chi connectivity index (χ1) is 13.1. The topological polar surface area (TPSA) is 76.7 Å². The summed E-state index contributed by atoms with van der Waals surface area (Å²) in [7, 11) is 0. The van der Waals surface area contributed by atoms with E-state index in [1.165, 1.54) is 10.5 Å². The molecule has 134 valence electrons. The second-order valence-electron chi connectivity index (χ2n) is 6.34. The molecule has 5 nitrogen and oxygen atoms in total. The Balaban J connectivity index is 1.60. The van der Waals surface area contributed by atoms with E-state index in [9.17, 15) is 0 Å². The molecule has 0 radical (unpaired) electrons. The monoisotopic (exact) mass is 373 g/mol. The van der Waals surface area contributed by atoms with Crippen molar-refractivity contribution in [2.75, 3.05) is 11.1 Å². The second-order valence-corrected chi connectivity index (χ2v) is 7.46. The van der Waals surface area contributed by atoms with Gasteiger partial charge >= 0.3 is 0 Å². The number of nitrogens with two attached hydrogens (primary N) is 1. The van der Waals surface area contributed by atoms with Crippen LogP contribution in [-0.4, -0.2) is 15.0 Å². The molecule has 0 unspecified atom stereocenters. The molecular formula is C21H19N5S. The maximum absolute atomic E-state index is 5.92. The van der Waals surface area contributed by atoms with Crippen LogP contribution in [0.25, 0.3) is 10.9 Å². The van der Waals surface area contributed by atoms with Crippen LogP contribution in [0.3, 0.4) is 0 Å². The molecule has 4 aromatic rings. The summed E-state index contributed by atoms with van der Waals surface area (Å²) in [5.41, 5.74) is 10.6. The first-order valence-corrected chi connectivity index (χ1v) is 9.38. The van der Waals surface area contributed by atoms with Crippen LogP contribution in [0.2, 0.25) is 0 Å². The molecule has 0 spiro atoms. The normalized spacial score (nSPS) is 10.9. The molecule has 6 heteroatoms. The van der Waals surface area contributed by atoms with Gasteiger partial charge < -0.3 is 11.1 Å². The number of benzene rings is 2. The lowest BCUT2D eigenvalue weighted by atomic mass is 10.2. The number of nitrogens with one attached hydrogen (secondary N) is 1. The Morgan fingerprint density at radius 2 is 1.81 bits per heavy atom. The molecule has 2 aromatic carbocycles. The van der Waals surface area contributed by atoms with Crippen molar-refractivity contribution in [3.05, 3.63) is 72.3 Å². The van der Waals surface area contributed by atoms with Crippen molar-refractivity contribution in [2.24, 2.45) is 0 Å². The molecule has 0 bridgehead atoms. The van der Waals surface area contributed by atoms with Crippen molar-refractivity contribution in [1.82, 2.24) is 15.0 Å². The average molecular weight is 373 g/mol. The van der Waals surface area contributed by atoms with E-state index in [0.717, 1.165) is 33.0 Å². The van der Waals surface area contributed by atoms with E-state index >= 15 is 0 Å². The number of rotatable bonds is 4. The Morgan fingerprint density at radius 1 is 0.926 bits per heavy atom. The summed E-state index contributed by atoms with van der Waals surface area (Å²) in [6.07, 6.45) is 3.46. The van der Waals surface area contributed by atoms with Gasteiger partial charge in [0.15, 0.2) is 0 Å². The number of hydrogen-bond donors (Lipinski definition) is 2. The molecule has 4 rings (SSSR count). The van der Waals surface area contributed by atoms with Crippen molar-refractivity contribution in [3.8, 4) is 0 Å². The minimum Gasteiger partial charge on any atom is -0.399 e. The lowest BCUT2D eigenvalue weighted by Crippen LogP contribution is -1.97. The van der Waals surface area contributed by atoms with E-state index in [1.807, 2.05) is 37.4 Å². The molecular weight excluding hydrogens is 354 g/mol. The molecule has 0 aliphatic carbocycles. The number of hydrogen-bond acceptors (Lipinski definition) is 6. The zero-order valence-corrected chi connectivity index (χ0v) is 15.9. The predicted octanol–water partition coefficient (Wildman–Crippen LogP) is 5.12. The summed E-state index contributed by atoms with van der Waals surface area (Å²) in [4.78, 5) is 15.4. The molecule has 3 N–H and O–H groups in total. The number of fused-ring (bicyclic) bond motifs is 1. The number of nitrogen functional groups attached to an aromatic ring is 1. The highest BCUT2D eigenvalue weighted by molar-refractivity contribution is 7.99. The van der Waals surface area contributed by atoms with Crippen molar-refractivity contribution >= 4 is 39.9 Å². The Morgan fingerprint density at radius 3 is 2.59 bits per heavy atom. The van der Waals surface area contributed by atoms with Gasteiger partial charge in [-0.25, -0.2) is 9.97 Å². The molecule has 2 aromatic heterocycles. The van der Waals surface area contributed by atoms with Crippen LogP contribution in [0.5, 0.6) is 0 Å². The molecule has 2 heterocycles. The van der Waals surface area contributed by atoms with Gasteiger partial charge in [0.2, 0.25) is 0 Å². The van der Waals surface area contributed by atoms with E-state index in [4.69, 9.17) is 5.73 Å². The smallest absolute Gasteiger partial charge is 0.141 e. The Kier molecular flexibility index (Phi) is 4.64. The molecule has 0 saturated carbocycles. The van der Waals surface area contributed by atoms with Gasteiger partial charge in [0, 0.05) is 38.4 Å². The molecule has 27 heavy (non-hydrogen) atoms. The summed E-state index contributed by atoms with van der Waals surface area (Å²) in [5, 5.41) is 4.29. The van der Waals surface area contributed by atoms with Crippen LogP contribution in [-0.2, 0) is 0 Å². The summed E-state index contributed by atoms with van der Waals surface area (Å²) in [6.45, 7) is 4.09. The van der Waals surface area contributed by atoms with E-state index in [1.54, 1.807) is 18.1 Å². The van der Waals surface area contributed by atoms with E-state index in [0.29, 0.717) is 5.69 Å². The maximum Gasteiger partial charge on any atom is 0.141 e. The third-order valence-electron chi connectivity index (χ3n) is 4.21. The van der Waals surface area contributed by atoms with Crippen LogP contribution in [0.15, 0.2) is 70.8 Å². The summed E-state index contributed by atoms with van der Waals surface area (Å²) >= 11 is 1.71. The van der Waals surface area contributed by atoms with Crippen molar-refractivity contribution in [3.63, 3.8) is 0 Å².